The number of hydrogen-bond acceptors (Lipinski definition) is 4. The van der Waals surface area contributed by atoms with Gasteiger partial charge < -0.3 is 14.6 Å². The van der Waals surface area contributed by atoms with Gasteiger partial charge in [-0.15, -0.1) is 0 Å². The van der Waals surface area contributed by atoms with Gasteiger partial charge in [-0.2, -0.15) is 0 Å². The average molecular weight is 321 g/mol. The van der Waals surface area contributed by atoms with Crippen molar-refractivity contribution < 1.29 is 24.2 Å². The first-order chi connectivity index (χ1) is 10.6. The fourth-order valence-electron chi connectivity index (χ4n) is 1.78. The lowest BCUT2D eigenvalue weighted by Crippen LogP contribution is -2.15. The van der Waals surface area contributed by atoms with E-state index in [2.05, 4.69) is 0 Å². The standard InChI is InChI=1S/C16H13ClO5/c17-11-4-3-5-12(10-11)21-8-9-22-16(20)14-7-2-1-6-13(14)15(18)19/h1-7,10H,8-9H2,(H,18,19). The molecule has 2 rings (SSSR count). The van der Waals surface area contributed by atoms with Gasteiger partial charge in [-0.25, -0.2) is 9.59 Å². The maximum atomic E-state index is 11.9. The molecule has 0 fully saturated rings. The molecule has 0 spiro atoms. The second-order valence-corrected chi connectivity index (χ2v) is 4.73. The largest absolute Gasteiger partial charge is 0.490 e. The fourth-order valence-corrected chi connectivity index (χ4v) is 1.96. The molecule has 0 aliphatic rings. The molecule has 0 aliphatic heterocycles. The van der Waals surface area contributed by atoms with E-state index >= 15 is 0 Å². The summed E-state index contributed by atoms with van der Waals surface area (Å²) in [5, 5.41) is 9.56. The van der Waals surface area contributed by atoms with Crippen LogP contribution in [0.1, 0.15) is 20.7 Å². The van der Waals surface area contributed by atoms with E-state index in [1.54, 1.807) is 36.4 Å². The molecule has 0 amide bonds. The number of carboxylic acids is 1. The molecule has 2 aromatic carbocycles. The van der Waals surface area contributed by atoms with Gasteiger partial charge in [0.1, 0.15) is 19.0 Å². The summed E-state index contributed by atoms with van der Waals surface area (Å²) in [7, 11) is 0. The van der Waals surface area contributed by atoms with Gasteiger partial charge >= 0.3 is 11.9 Å². The van der Waals surface area contributed by atoms with E-state index in [-0.39, 0.29) is 24.3 Å². The van der Waals surface area contributed by atoms with Crippen molar-refractivity contribution in [1.29, 1.82) is 0 Å². The van der Waals surface area contributed by atoms with Crippen LogP contribution >= 0.6 is 11.6 Å². The van der Waals surface area contributed by atoms with Gasteiger partial charge in [-0.05, 0) is 30.3 Å². The van der Waals surface area contributed by atoms with Crippen molar-refractivity contribution in [3.63, 3.8) is 0 Å². The molecule has 0 bridgehead atoms. The third-order valence-corrected chi connectivity index (χ3v) is 2.99. The normalized spacial score (nSPS) is 10.0. The molecule has 114 valence electrons. The summed E-state index contributed by atoms with van der Waals surface area (Å²) in [6.45, 7) is 0.140. The van der Waals surface area contributed by atoms with Crippen LogP contribution in [0.2, 0.25) is 5.02 Å². The Labute approximate surface area is 132 Å². The lowest BCUT2D eigenvalue weighted by molar-refractivity contribution is 0.0442. The number of hydrogen-bond donors (Lipinski definition) is 1. The molecule has 0 atom stereocenters. The van der Waals surface area contributed by atoms with Crippen molar-refractivity contribution in [2.45, 2.75) is 0 Å². The molecule has 0 saturated carbocycles. The maximum absolute atomic E-state index is 11.9. The quantitative estimate of drug-likeness (QED) is 0.653. The van der Waals surface area contributed by atoms with Gasteiger partial charge in [0.2, 0.25) is 0 Å². The Balaban J connectivity index is 1.87. The zero-order valence-electron chi connectivity index (χ0n) is 11.5. The minimum absolute atomic E-state index is 0.000694. The van der Waals surface area contributed by atoms with Crippen molar-refractivity contribution in [1.82, 2.24) is 0 Å². The highest BCUT2D eigenvalue weighted by molar-refractivity contribution is 6.30. The van der Waals surface area contributed by atoms with Crippen molar-refractivity contribution >= 4 is 23.5 Å². The van der Waals surface area contributed by atoms with Crippen LogP contribution in [0, 0.1) is 0 Å². The third-order valence-electron chi connectivity index (χ3n) is 2.76. The molecule has 22 heavy (non-hydrogen) atoms. The zero-order chi connectivity index (χ0) is 15.9. The van der Waals surface area contributed by atoms with Gasteiger partial charge in [0.15, 0.2) is 0 Å². The Kier molecular flexibility index (Phi) is 5.38. The Morgan fingerprint density at radius 1 is 1.00 bits per heavy atom. The molecule has 0 aromatic heterocycles. The Bertz CT molecular complexity index is 684. The summed E-state index contributed by atoms with van der Waals surface area (Å²) >= 11 is 5.81. The highest BCUT2D eigenvalue weighted by Gasteiger charge is 2.16. The van der Waals surface area contributed by atoms with Gasteiger partial charge in [0.25, 0.3) is 0 Å². The van der Waals surface area contributed by atoms with Gasteiger partial charge in [-0.3, -0.25) is 0 Å². The number of carbonyl (C=O) groups excluding carboxylic acids is 1. The number of benzene rings is 2. The summed E-state index contributed by atoms with van der Waals surface area (Å²) in [5.41, 5.74) is -0.0824. The van der Waals surface area contributed by atoms with Crippen molar-refractivity contribution in [2.24, 2.45) is 0 Å². The molecule has 0 radical (unpaired) electrons. The van der Waals surface area contributed by atoms with Crippen LogP contribution in [0.4, 0.5) is 0 Å². The topological polar surface area (TPSA) is 72.8 Å². The lowest BCUT2D eigenvalue weighted by atomic mass is 10.1. The number of halogens is 1. The second kappa shape index (κ2) is 7.47. The Hall–Kier alpha value is -2.53. The predicted molar refractivity (Wildman–Crippen MR) is 80.6 cm³/mol. The first kappa shape index (κ1) is 15.9. The van der Waals surface area contributed by atoms with Crippen LogP contribution in [-0.2, 0) is 4.74 Å². The molecule has 1 N–H and O–H groups in total. The maximum Gasteiger partial charge on any atom is 0.339 e. The molecule has 6 heteroatoms. The fraction of sp³-hybridized carbons (Fsp3) is 0.125. The van der Waals surface area contributed by atoms with Crippen LogP contribution in [0.3, 0.4) is 0 Å². The van der Waals surface area contributed by atoms with Crippen LogP contribution in [0.15, 0.2) is 48.5 Å². The molecule has 5 nitrogen and oxygen atoms in total. The Morgan fingerprint density at radius 2 is 1.73 bits per heavy atom. The molecular weight excluding hydrogens is 308 g/mol. The van der Waals surface area contributed by atoms with Crippen LogP contribution < -0.4 is 4.74 Å². The number of esters is 1. The number of ether oxygens (including phenoxy) is 2. The molecule has 0 heterocycles. The summed E-state index contributed by atoms with van der Waals surface area (Å²) in [5.74, 6) is -1.31. The molecule has 0 saturated heterocycles. The highest BCUT2D eigenvalue weighted by Crippen LogP contribution is 2.17. The summed E-state index contributed by atoms with van der Waals surface area (Å²) in [6.07, 6.45) is 0. The number of rotatable bonds is 6. The number of carboxylic acid groups (broad SMARTS) is 1. The minimum Gasteiger partial charge on any atom is -0.490 e. The third kappa shape index (κ3) is 4.23. The minimum atomic E-state index is -1.18. The summed E-state index contributed by atoms with van der Waals surface area (Å²) in [4.78, 5) is 22.9. The first-order valence-electron chi connectivity index (χ1n) is 6.46. The first-order valence-corrected chi connectivity index (χ1v) is 6.83. The van der Waals surface area contributed by atoms with E-state index in [4.69, 9.17) is 26.2 Å². The van der Waals surface area contributed by atoms with Crippen LogP contribution in [0.25, 0.3) is 0 Å². The summed E-state index contributed by atoms with van der Waals surface area (Å²) < 4.78 is 10.4. The van der Waals surface area contributed by atoms with E-state index in [0.717, 1.165) is 0 Å². The lowest BCUT2D eigenvalue weighted by Gasteiger charge is -2.09. The van der Waals surface area contributed by atoms with E-state index in [1.807, 2.05) is 0 Å². The molecule has 2 aromatic rings. The number of carbonyl (C=O) groups is 2. The average Bonchev–Trinajstić information content (AvgIpc) is 2.51. The monoisotopic (exact) mass is 320 g/mol. The van der Waals surface area contributed by atoms with Crippen molar-refractivity contribution in [3.05, 3.63) is 64.7 Å². The van der Waals surface area contributed by atoms with Crippen molar-refractivity contribution in [2.75, 3.05) is 13.2 Å². The van der Waals surface area contributed by atoms with Crippen LogP contribution in [-0.4, -0.2) is 30.3 Å². The van der Waals surface area contributed by atoms with E-state index in [9.17, 15) is 9.59 Å². The van der Waals surface area contributed by atoms with E-state index < -0.39 is 11.9 Å². The molecule has 0 unspecified atom stereocenters. The van der Waals surface area contributed by atoms with Crippen LogP contribution in [0.5, 0.6) is 5.75 Å². The zero-order valence-corrected chi connectivity index (χ0v) is 12.2. The second-order valence-electron chi connectivity index (χ2n) is 4.29. The Morgan fingerprint density at radius 3 is 2.41 bits per heavy atom. The molecule has 0 aliphatic carbocycles. The van der Waals surface area contributed by atoms with E-state index in [0.29, 0.717) is 10.8 Å². The van der Waals surface area contributed by atoms with Gasteiger partial charge in [0, 0.05) is 5.02 Å². The van der Waals surface area contributed by atoms with Gasteiger partial charge in [0.05, 0.1) is 11.1 Å². The number of aromatic carboxylic acids is 1. The van der Waals surface area contributed by atoms with Crippen molar-refractivity contribution in [3.8, 4) is 5.75 Å². The SMILES string of the molecule is O=C(O)c1ccccc1C(=O)OCCOc1cccc(Cl)c1. The highest BCUT2D eigenvalue weighted by atomic mass is 35.5. The van der Waals surface area contributed by atoms with E-state index in [1.165, 1.54) is 12.1 Å². The summed E-state index contributed by atoms with van der Waals surface area (Å²) in [6, 6.07) is 12.7. The van der Waals surface area contributed by atoms with Gasteiger partial charge in [-0.1, -0.05) is 29.8 Å². The smallest absolute Gasteiger partial charge is 0.339 e. The predicted octanol–water partition coefficient (Wildman–Crippen LogP) is 3.27. The molecular formula is C16H13ClO5.